The molecule has 3 heteroatoms. The summed E-state index contributed by atoms with van der Waals surface area (Å²) in [5.74, 6) is 2.60. The molecular weight excluding hydrogens is 212 g/mol. The van der Waals surface area contributed by atoms with E-state index in [0.29, 0.717) is 0 Å². The van der Waals surface area contributed by atoms with E-state index in [1.54, 1.807) is 0 Å². The van der Waals surface area contributed by atoms with Crippen LogP contribution in [0.5, 0.6) is 0 Å². The maximum Gasteiger partial charge on any atom is 0.135 e. The predicted octanol–water partition coefficient (Wildman–Crippen LogP) is 3.02. The third-order valence-electron chi connectivity index (χ3n) is 4.38. The van der Waals surface area contributed by atoms with Gasteiger partial charge in [-0.2, -0.15) is 0 Å². The van der Waals surface area contributed by atoms with Gasteiger partial charge in [-0.3, -0.25) is 0 Å². The van der Waals surface area contributed by atoms with Crippen molar-refractivity contribution < 1.29 is 4.74 Å². The maximum absolute atomic E-state index is 5.80. The molecule has 1 N–H and O–H groups in total. The number of hydrogen-bond acceptors (Lipinski definition) is 2. The lowest BCUT2D eigenvalue weighted by Crippen LogP contribution is -2.20. The summed E-state index contributed by atoms with van der Waals surface area (Å²) in [7, 11) is 0. The summed E-state index contributed by atoms with van der Waals surface area (Å²) >= 11 is 0. The Bertz CT molecular complexity index is 365. The van der Waals surface area contributed by atoms with Crippen LogP contribution in [0.4, 0.5) is 0 Å². The second kappa shape index (κ2) is 4.45. The van der Waals surface area contributed by atoms with Gasteiger partial charge in [-0.05, 0) is 43.9 Å². The van der Waals surface area contributed by atoms with E-state index >= 15 is 0 Å². The Morgan fingerprint density at radius 3 is 2.76 bits per heavy atom. The van der Waals surface area contributed by atoms with E-state index in [1.165, 1.54) is 24.2 Å². The molecule has 1 aromatic rings. The summed E-state index contributed by atoms with van der Waals surface area (Å²) in [6, 6.07) is 0. The Kier molecular flexibility index (Phi) is 2.95. The molecule has 1 aromatic heterocycles. The van der Waals surface area contributed by atoms with E-state index in [-0.39, 0.29) is 6.10 Å². The molecule has 0 amide bonds. The fourth-order valence-electron chi connectivity index (χ4n) is 2.94. The van der Waals surface area contributed by atoms with Crippen molar-refractivity contribution in [3.05, 3.63) is 17.2 Å². The second-order valence-corrected chi connectivity index (χ2v) is 5.77. The van der Waals surface area contributed by atoms with E-state index in [1.807, 2.05) is 0 Å². The first-order valence-electron chi connectivity index (χ1n) is 6.93. The van der Waals surface area contributed by atoms with Crippen molar-refractivity contribution in [2.24, 2.45) is 11.8 Å². The highest BCUT2D eigenvalue weighted by Crippen LogP contribution is 2.32. The van der Waals surface area contributed by atoms with Gasteiger partial charge in [0.15, 0.2) is 0 Å². The van der Waals surface area contributed by atoms with Crippen LogP contribution in [-0.4, -0.2) is 16.6 Å². The third kappa shape index (κ3) is 2.13. The number of ether oxygens (including phenoxy) is 1. The predicted molar refractivity (Wildman–Crippen MR) is 66.9 cm³/mol. The number of aromatic nitrogens is 2. The number of H-pyrrole nitrogens is 1. The molecule has 0 saturated carbocycles. The van der Waals surface area contributed by atoms with Crippen LogP contribution < -0.4 is 0 Å². The lowest BCUT2D eigenvalue weighted by Gasteiger charge is -2.24. The molecule has 94 valence electrons. The van der Waals surface area contributed by atoms with Crippen molar-refractivity contribution in [3.8, 4) is 0 Å². The summed E-state index contributed by atoms with van der Waals surface area (Å²) < 4.78 is 5.80. The number of fused-ring (bicyclic) bond motifs is 1. The second-order valence-electron chi connectivity index (χ2n) is 5.77. The van der Waals surface area contributed by atoms with E-state index in [4.69, 9.17) is 9.72 Å². The van der Waals surface area contributed by atoms with Crippen molar-refractivity contribution in [2.75, 3.05) is 6.61 Å². The monoisotopic (exact) mass is 234 g/mol. The summed E-state index contributed by atoms with van der Waals surface area (Å²) in [4.78, 5) is 8.30. The van der Waals surface area contributed by atoms with Crippen LogP contribution in [0.15, 0.2) is 0 Å². The zero-order valence-corrected chi connectivity index (χ0v) is 10.8. The van der Waals surface area contributed by atoms with Crippen LogP contribution in [0, 0.1) is 11.8 Å². The Hall–Kier alpha value is -0.830. The van der Waals surface area contributed by atoms with Crippen molar-refractivity contribution in [1.82, 2.24) is 9.97 Å². The van der Waals surface area contributed by atoms with Crippen LogP contribution in [0.1, 0.15) is 56.4 Å². The number of rotatable bonds is 1. The van der Waals surface area contributed by atoms with Gasteiger partial charge in [-0.1, -0.05) is 13.8 Å². The third-order valence-corrected chi connectivity index (χ3v) is 4.38. The summed E-state index contributed by atoms with van der Waals surface area (Å²) in [5, 5.41) is 0. The molecule has 0 bridgehead atoms. The standard InChI is InChI=1S/C14H22N2O/c1-9-7-11-12(8-10(9)2)16-14(15-11)13-5-3-4-6-17-13/h9-10,13H,3-8H2,1-2H3,(H,15,16). The number of hydrogen-bond donors (Lipinski definition) is 1. The summed E-state index contributed by atoms with van der Waals surface area (Å²) in [5.41, 5.74) is 2.65. The molecule has 3 nitrogen and oxygen atoms in total. The van der Waals surface area contributed by atoms with Gasteiger partial charge in [0.05, 0.1) is 5.69 Å². The van der Waals surface area contributed by atoms with Crippen molar-refractivity contribution >= 4 is 0 Å². The lowest BCUT2D eigenvalue weighted by atomic mass is 9.82. The molecule has 1 aliphatic heterocycles. The van der Waals surface area contributed by atoms with Crippen LogP contribution in [0.25, 0.3) is 0 Å². The van der Waals surface area contributed by atoms with E-state index in [0.717, 1.165) is 43.5 Å². The zero-order valence-electron chi connectivity index (χ0n) is 10.8. The van der Waals surface area contributed by atoms with Gasteiger partial charge >= 0.3 is 0 Å². The summed E-state index contributed by atoms with van der Waals surface area (Å²) in [6.07, 6.45) is 6.08. The maximum atomic E-state index is 5.80. The Balaban J connectivity index is 1.81. The van der Waals surface area contributed by atoms with E-state index in [2.05, 4.69) is 18.8 Å². The fraction of sp³-hybridized carbons (Fsp3) is 0.786. The highest BCUT2D eigenvalue weighted by atomic mass is 16.5. The first-order valence-corrected chi connectivity index (χ1v) is 6.93. The molecule has 0 spiro atoms. The molecule has 2 heterocycles. The average Bonchev–Trinajstić information content (AvgIpc) is 2.74. The molecule has 1 aliphatic carbocycles. The van der Waals surface area contributed by atoms with Gasteiger partial charge in [0.2, 0.25) is 0 Å². The average molecular weight is 234 g/mol. The SMILES string of the molecule is CC1Cc2nc(C3CCCCO3)[nH]c2CC1C. The quantitative estimate of drug-likeness (QED) is 0.811. The minimum Gasteiger partial charge on any atom is -0.370 e. The van der Waals surface area contributed by atoms with Crippen LogP contribution in [-0.2, 0) is 17.6 Å². The smallest absolute Gasteiger partial charge is 0.135 e. The number of imidazole rings is 1. The van der Waals surface area contributed by atoms with Crippen LogP contribution in [0.2, 0.25) is 0 Å². The Morgan fingerprint density at radius 1 is 1.18 bits per heavy atom. The minimum absolute atomic E-state index is 0.222. The largest absolute Gasteiger partial charge is 0.370 e. The first kappa shape index (κ1) is 11.3. The van der Waals surface area contributed by atoms with Crippen LogP contribution in [0.3, 0.4) is 0 Å². The molecular formula is C14H22N2O. The van der Waals surface area contributed by atoms with Crippen molar-refractivity contribution in [1.29, 1.82) is 0 Å². The van der Waals surface area contributed by atoms with E-state index < -0.39 is 0 Å². The summed E-state index contributed by atoms with van der Waals surface area (Å²) in [6.45, 7) is 5.56. The lowest BCUT2D eigenvalue weighted by molar-refractivity contribution is 0.00985. The minimum atomic E-state index is 0.222. The molecule has 1 saturated heterocycles. The number of aromatic amines is 1. The fourth-order valence-corrected chi connectivity index (χ4v) is 2.94. The highest BCUT2D eigenvalue weighted by Gasteiger charge is 2.27. The number of nitrogens with one attached hydrogen (secondary N) is 1. The van der Waals surface area contributed by atoms with Gasteiger partial charge in [0.25, 0.3) is 0 Å². The molecule has 3 atom stereocenters. The van der Waals surface area contributed by atoms with Gasteiger partial charge in [0, 0.05) is 12.3 Å². The molecule has 0 radical (unpaired) electrons. The zero-order chi connectivity index (χ0) is 11.8. The molecule has 1 fully saturated rings. The Labute approximate surface area is 103 Å². The first-order chi connectivity index (χ1) is 8.24. The van der Waals surface area contributed by atoms with Crippen molar-refractivity contribution in [2.45, 2.75) is 52.1 Å². The van der Waals surface area contributed by atoms with Gasteiger partial charge < -0.3 is 9.72 Å². The highest BCUT2D eigenvalue weighted by molar-refractivity contribution is 5.20. The van der Waals surface area contributed by atoms with Gasteiger partial charge in [-0.25, -0.2) is 4.98 Å². The molecule has 3 rings (SSSR count). The normalized spacial score (nSPS) is 33.4. The van der Waals surface area contributed by atoms with Gasteiger partial charge in [-0.15, -0.1) is 0 Å². The molecule has 17 heavy (non-hydrogen) atoms. The number of nitrogens with zero attached hydrogens (tertiary/aromatic N) is 1. The molecule has 0 aromatic carbocycles. The van der Waals surface area contributed by atoms with Gasteiger partial charge in [0.1, 0.15) is 11.9 Å². The topological polar surface area (TPSA) is 37.9 Å². The Morgan fingerprint density at radius 2 is 2.00 bits per heavy atom. The van der Waals surface area contributed by atoms with Crippen molar-refractivity contribution in [3.63, 3.8) is 0 Å². The van der Waals surface area contributed by atoms with E-state index in [9.17, 15) is 0 Å². The molecule has 3 unspecified atom stereocenters. The van der Waals surface area contributed by atoms with Crippen LogP contribution >= 0.6 is 0 Å². The molecule has 2 aliphatic rings.